The molecule has 0 bridgehead atoms. The van der Waals surface area contributed by atoms with Crippen LogP contribution in [0.15, 0.2) is 42.9 Å². The monoisotopic (exact) mass is 361 g/mol. The van der Waals surface area contributed by atoms with Gasteiger partial charge >= 0.3 is 0 Å². The summed E-state index contributed by atoms with van der Waals surface area (Å²) in [5.41, 5.74) is 2.34. The van der Waals surface area contributed by atoms with Crippen molar-refractivity contribution < 1.29 is 9.13 Å². The van der Waals surface area contributed by atoms with E-state index >= 15 is 0 Å². The second kappa shape index (κ2) is 7.48. The molecule has 0 aliphatic rings. The SMILES string of the molecule is CNc1ncn(Cc2cnc(OC(C)F)c(-c3cccc(Cl)c3)c2)n1. The van der Waals surface area contributed by atoms with Crippen LogP contribution in [0.1, 0.15) is 12.5 Å². The number of hydrogen-bond donors (Lipinski definition) is 1. The van der Waals surface area contributed by atoms with Gasteiger partial charge in [-0.3, -0.25) is 0 Å². The number of hydrogen-bond acceptors (Lipinski definition) is 5. The Balaban J connectivity index is 1.97. The Bertz CT molecular complexity index is 868. The molecule has 0 saturated carbocycles. The summed E-state index contributed by atoms with van der Waals surface area (Å²) in [6, 6.07) is 9.14. The Labute approximate surface area is 149 Å². The summed E-state index contributed by atoms with van der Waals surface area (Å²) in [4.78, 5) is 8.37. The minimum atomic E-state index is -1.47. The lowest BCUT2D eigenvalue weighted by molar-refractivity contribution is 0.0816. The first kappa shape index (κ1) is 17.2. The summed E-state index contributed by atoms with van der Waals surface area (Å²) in [6.45, 7) is 1.78. The third-order valence-corrected chi connectivity index (χ3v) is 3.66. The molecule has 0 aliphatic heterocycles. The zero-order valence-electron chi connectivity index (χ0n) is 13.8. The summed E-state index contributed by atoms with van der Waals surface area (Å²) < 4.78 is 20.2. The van der Waals surface area contributed by atoms with E-state index in [1.165, 1.54) is 6.92 Å². The topological polar surface area (TPSA) is 64.9 Å². The first-order chi connectivity index (χ1) is 12.0. The zero-order valence-corrected chi connectivity index (χ0v) is 14.5. The molecule has 2 aromatic heterocycles. The van der Waals surface area contributed by atoms with Gasteiger partial charge in [0.1, 0.15) is 6.33 Å². The van der Waals surface area contributed by atoms with E-state index in [2.05, 4.69) is 20.4 Å². The van der Waals surface area contributed by atoms with E-state index in [1.54, 1.807) is 36.4 Å². The highest BCUT2D eigenvalue weighted by atomic mass is 35.5. The van der Waals surface area contributed by atoms with E-state index in [-0.39, 0.29) is 5.88 Å². The maximum Gasteiger partial charge on any atom is 0.241 e. The molecule has 1 N–H and O–H groups in total. The molecule has 3 aromatic rings. The van der Waals surface area contributed by atoms with E-state index in [4.69, 9.17) is 16.3 Å². The van der Waals surface area contributed by atoms with Gasteiger partial charge in [-0.25, -0.2) is 19.0 Å². The Hall–Kier alpha value is -2.67. The molecule has 1 unspecified atom stereocenters. The molecule has 3 rings (SSSR count). The summed E-state index contributed by atoms with van der Waals surface area (Å²) in [5, 5.41) is 7.72. The maximum absolute atomic E-state index is 13.3. The van der Waals surface area contributed by atoms with Gasteiger partial charge in [-0.2, -0.15) is 0 Å². The molecule has 0 radical (unpaired) electrons. The molecular formula is C17H17ClFN5O. The number of anilines is 1. The van der Waals surface area contributed by atoms with Gasteiger partial charge in [0.2, 0.25) is 18.2 Å². The molecule has 0 saturated heterocycles. The number of nitrogens with zero attached hydrogens (tertiary/aromatic N) is 4. The second-order valence-corrected chi connectivity index (χ2v) is 5.82. The van der Waals surface area contributed by atoms with Crippen LogP contribution in [0.3, 0.4) is 0 Å². The Kier molecular flexibility index (Phi) is 5.14. The normalized spacial score (nSPS) is 12.0. The molecule has 0 fully saturated rings. The molecule has 1 aromatic carbocycles. The highest BCUT2D eigenvalue weighted by molar-refractivity contribution is 6.30. The average Bonchev–Trinajstić information content (AvgIpc) is 3.03. The second-order valence-electron chi connectivity index (χ2n) is 5.38. The first-order valence-corrected chi connectivity index (χ1v) is 8.05. The lowest BCUT2D eigenvalue weighted by Crippen LogP contribution is -2.08. The van der Waals surface area contributed by atoms with Crippen molar-refractivity contribution in [1.29, 1.82) is 0 Å². The third-order valence-electron chi connectivity index (χ3n) is 3.42. The number of aromatic nitrogens is 4. The largest absolute Gasteiger partial charge is 0.443 e. The first-order valence-electron chi connectivity index (χ1n) is 7.68. The highest BCUT2D eigenvalue weighted by Gasteiger charge is 2.13. The van der Waals surface area contributed by atoms with Crippen LogP contribution < -0.4 is 10.1 Å². The molecule has 0 spiro atoms. The van der Waals surface area contributed by atoms with Crippen molar-refractivity contribution >= 4 is 17.5 Å². The van der Waals surface area contributed by atoms with E-state index in [9.17, 15) is 4.39 Å². The number of rotatable bonds is 6. The molecule has 6 nitrogen and oxygen atoms in total. The Morgan fingerprint density at radius 1 is 1.32 bits per heavy atom. The van der Waals surface area contributed by atoms with Gasteiger partial charge in [-0.15, -0.1) is 5.10 Å². The predicted octanol–water partition coefficient (Wildman–Crippen LogP) is 3.78. The molecular weight excluding hydrogens is 345 g/mol. The van der Waals surface area contributed by atoms with Gasteiger partial charge in [-0.05, 0) is 29.3 Å². The van der Waals surface area contributed by atoms with Crippen LogP contribution in [0.4, 0.5) is 10.3 Å². The van der Waals surface area contributed by atoms with Gasteiger partial charge in [0.25, 0.3) is 0 Å². The maximum atomic E-state index is 13.3. The minimum absolute atomic E-state index is 0.218. The number of nitrogens with one attached hydrogen (secondary N) is 1. The number of halogens is 2. The van der Waals surface area contributed by atoms with Crippen LogP contribution in [0, 0.1) is 0 Å². The lowest BCUT2D eigenvalue weighted by Gasteiger charge is -2.13. The van der Waals surface area contributed by atoms with Gasteiger partial charge in [-0.1, -0.05) is 23.7 Å². The molecule has 1 atom stereocenters. The summed E-state index contributed by atoms with van der Waals surface area (Å²) in [6.07, 6.45) is 1.79. The fourth-order valence-corrected chi connectivity index (χ4v) is 2.56. The van der Waals surface area contributed by atoms with Crippen molar-refractivity contribution in [2.24, 2.45) is 0 Å². The standard InChI is InChI=1S/C17H17ClFN5O/c1-11(19)25-16-15(13-4-3-5-14(18)7-13)6-12(8-21-16)9-24-10-22-17(20-2)23-24/h3-8,10-11H,9H2,1-2H3,(H,20,23). The summed E-state index contributed by atoms with van der Waals surface area (Å²) >= 11 is 6.08. The number of alkyl halides is 1. The molecule has 25 heavy (non-hydrogen) atoms. The van der Waals surface area contributed by atoms with Crippen molar-refractivity contribution in [3.05, 3.63) is 53.4 Å². The number of ether oxygens (including phenoxy) is 1. The Morgan fingerprint density at radius 2 is 2.16 bits per heavy atom. The van der Waals surface area contributed by atoms with Gasteiger partial charge in [0.05, 0.1) is 6.54 Å². The predicted molar refractivity (Wildman–Crippen MR) is 94.6 cm³/mol. The quantitative estimate of drug-likeness (QED) is 0.723. The van der Waals surface area contributed by atoms with Crippen LogP contribution in [0.5, 0.6) is 5.88 Å². The number of pyridine rings is 1. The van der Waals surface area contributed by atoms with Crippen LogP contribution in [0.25, 0.3) is 11.1 Å². The zero-order chi connectivity index (χ0) is 17.8. The average molecular weight is 362 g/mol. The van der Waals surface area contributed by atoms with Crippen molar-refractivity contribution in [2.45, 2.75) is 19.8 Å². The Morgan fingerprint density at radius 3 is 2.84 bits per heavy atom. The van der Waals surface area contributed by atoms with E-state index in [0.717, 1.165) is 11.1 Å². The van der Waals surface area contributed by atoms with Crippen molar-refractivity contribution in [1.82, 2.24) is 19.7 Å². The summed E-state index contributed by atoms with van der Waals surface area (Å²) in [7, 11) is 1.75. The smallest absolute Gasteiger partial charge is 0.241 e. The van der Waals surface area contributed by atoms with E-state index in [0.29, 0.717) is 23.1 Å². The fourth-order valence-electron chi connectivity index (χ4n) is 2.36. The molecule has 2 heterocycles. The van der Waals surface area contributed by atoms with Crippen LogP contribution >= 0.6 is 11.6 Å². The van der Waals surface area contributed by atoms with Crippen LogP contribution in [-0.4, -0.2) is 33.2 Å². The van der Waals surface area contributed by atoms with Crippen LogP contribution in [0.2, 0.25) is 5.02 Å². The van der Waals surface area contributed by atoms with Crippen molar-refractivity contribution in [3.8, 4) is 17.0 Å². The van der Waals surface area contributed by atoms with Gasteiger partial charge in [0, 0.05) is 30.8 Å². The van der Waals surface area contributed by atoms with Crippen molar-refractivity contribution in [2.75, 3.05) is 12.4 Å². The molecule has 0 amide bonds. The van der Waals surface area contributed by atoms with Gasteiger partial charge in [0.15, 0.2) is 0 Å². The molecule has 8 heteroatoms. The lowest BCUT2D eigenvalue weighted by atomic mass is 10.1. The van der Waals surface area contributed by atoms with Crippen molar-refractivity contribution in [3.63, 3.8) is 0 Å². The molecule has 0 aliphatic carbocycles. The van der Waals surface area contributed by atoms with E-state index < -0.39 is 6.36 Å². The van der Waals surface area contributed by atoms with Crippen LogP contribution in [-0.2, 0) is 6.54 Å². The summed E-state index contributed by atoms with van der Waals surface area (Å²) in [5.74, 6) is 0.754. The molecule has 130 valence electrons. The fraction of sp³-hybridized carbons (Fsp3) is 0.235. The third kappa shape index (κ3) is 4.24. The van der Waals surface area contributed by atoms with E-state index in [1.807, 2.05) is 18.2 Å². The van der Waals surface area contributed by atoms with Gasteiger partial charge < -0.3 is 10.1 Å². The minimum Gasteiger partial charge on any atom is -0.443 e. The highest BCUT2D eigenvalue weighted by Crippen LogP contribution is 2.31. The number of benzene rings is 1.